The molecule has 2 N–H and O–H groups in total. The molecule has 0 amide bonds. The Kier molecular flexibility index (Phi) is 8.34. The molecule has 0 bridgehead atoms. The molecule has 1 saturated carbocycles. The van der Waals surface area contributed by atoms with E-state index in [4.69, 9.17) is 5.11 Å². The van der Waals surface area contributed by atoms with Crippen LogP contribution in [0.4, 0.5) is 0 Å². The van der Waals surface area contributed by atoms with Crippen molar-refractivity contribution in [3.63, 3.8) is 0 Å². The van der Waals surface area contributed by atoms with Gasteiger partial charge in [0.15, 0.2) is 0 Å². The summed E-state index contributed by atoms with van der Waals surface area (Å²) in [5.41, 5.74) is 0. The van der Waals surface area contributed by atoms with Crippen molar-refractivity contribution < 1.29 is 5.11 Å². The monoisotopic (exact) mass is 245 g/mol. The molecular weight excluding hydrogens is 218 g/mol. The van der Waals surface area contributed by atoms with E-state index in [1.165, 1.54) is 44.3 Å². The number of rotatable bonds is 8. The van der Waals surface area contributed by atoms with Gasteiger partial charge < -0.3 is 10.4 Å². The van der Waals surface area contributed by atoms with Gasteiger partial charge in [0.1, 0.15) is 0 Å². The largest absolute Gasteiger partial charge is 0.396 e. The summed E-state index contributed by atoms with van der Waals surface area (Å²) in [5.74, 6) is 1.17. The standard InChI is InChI=1S/C13H27NOS/c1-2-9-14-12(8-10-15)11-16-13-6-4-3-5-7-13/h12-15H,2-11H2,1H3. The summed E-state index contributed by atoms with van der Waals surface area (Å²) in [6.07, 6.45) is 9.17. The third kappa shape index (κ3) is 6.12. The maximum absolute atomic E-state index is 9.02. The molecule has 1 aliphatic rings. The van der Waals surface area contributed by atoms with Crippen LogP contribution in [0.25, 0.3) is 0 Å². The summed E-state index contributed by atoms with van der Waals surface area (Å²) in [4.78, 5) is 0. The Labute approximate surface area is 105 Å². The molecule has 96 valence electrons. The van der Waals surface area contributed by atoms with Crippen LogP contribution in [0.1, 0.15) is 51.9 Å². The maximum atomic E-state index is 9.02. The highest BCUT2D eigenvalue weighted by Crippen LogP contribution is 2.28. The minimum Gasteiger partial charge on any atom is -0.396 e. The maximum Gasteiger partial charge on any atom is 0.0446 e. The van der Waals surface area contributed by atoms with Gasteiger partial charge in [-0.25, -0.2) is 0 Å². The van der Waals surface area contributed by atoms with Crippen LogP contribution in [-0.2, 0) is 0 Å². The van der Waals surface area contributed by atoms with E-state index in [-0.39, 0.29) is 0 Å². The Morgan fingerprint density at radius 3 is 2.69 bits per heavy atom. The third-order valence-corrected chi connectivity index (χ3v) is 4.78. The van der Waals surface area contributed by atoms with Crippen LogP contribution >= 0.6 is 11.8 Å². The highest BCUT2D eigenvalue weighted by atomic mass is 32.2. The molecule has 2 nitrogen and oxygen atoms in total. The van der Waals surface area contributed by atoms with Crippen LogP contribution in [0.2, 0.25) is 0 Å². The van der Waals surface area contributed by atoms with E-state index in [0.717, 1.165) is 18.2 Å². The Morgan fingerprint density at radius 2 is 2.06 bits per heavy atom. The average molecular weight is 245 g/mol. The fraction of sp³-hybridized carbons (Fsp3) is 1.00. The van der Waals surface area contributed by atoms with Crippen molar-refractivity contribution >= 4 is 11.8 Å². The molecule has 1 fully saturated rings. The Morgan fingerprint density at radius 1 is 1.31 bits per heavy atom. The normalized spacial score (nSPS) is 19.9. The van der Waals surface area contributed by atoms with E-state index in [1.807, 2.05) is 0 Å². The number of aliphatic hydroxyl groups is 1. The van der Waals surface area contributed by atoms with Crippen LogP contribution in [0.5, 0.6) is 0 Å². The van der Waals surface area contributed by atoms with Crippen molar-refractivity contribution in [1.29, 1.82) is 0 Å². The van der Waals surface area contributed by atoms with Crippen molar-refractivity contribution in [3.05, 3.63) is 0 Å². The van der Waals surface area contributed by atoms with Gasteiger partial charge in [0, 0.05) is 23.7 Å². The molecule has 0 radical (unpaired) electrons. The zero-order valence-corrected chi connectivity index (χ0v) is 11.4. The van der Waals surface area contributed by atoms with Gasteiger partial charge in [-0.05, 0) is 32.2 Å². The summed E-state index contributed by atoms with van der Waals surface area (Å²) in [7, 11) is 0. The van der Waals surface area contributed by atoms with Crippen molar-refractivity contribution in [2.45, 2.75) is 63.2 Å². The average Bonchev–Trinajstić information content (AvgIpc) is 2.34. The number of aliphatic hydroxyl groups excluding tert-OH is 1. The van der Waals surface area contributed by atoms with Gasteiger partial charge in [0.2, 0.25) is 0 Å². The van der Waals surface area contributed by atoms with Crippen molar-refractivity contribution in [1.82, 2.24) is 5.32 Å². The van der Waals surface area contributed by atoms with Crippen LogP contribution < -0.4 is 5.32 Å². The van der Waals surface area contributed by atoms with E-state index in [2.05, 4.69) is 24.0 Å². The summed E-state index contributed by atoms with van der Waals surface area (Å²) in [5, 5.41) is 13.4. The first-order valence-electron chi connectivity index (χ1n) is 6.82. The summed E-state index contributed by atoms with van der Waals surface area (Å²) in [6, 6.07) is 0.511. The first-order chi connectivity index (χ1) is 7.86. The van der Waals surface area contributed by atoms with Crippen LogP contribution in [-0.4, -0.2) is 35.3 Å². The van der Waals surface area contributed by atoms with E-state index >= 15 is 0 Å². The van der Waals surface area contributed by atoms with Gasteiger partial charge in [0.25, 0.3) is 0 Å². The highest BCUT2D eigenvalue weighted by molar-refractivity contribution is 7.99. The minimum absolute atomic E-state index is 0.312. The molecule has 0 spiro atoms. The molecule has 16 heavy (non-hydrogen) atoms. The van der Waals surface area contributed by atoms with Gasteiger partial charge in [-0.15, -0.1) is 0 Å². The van der Waals surface area contributed by atoms with E-state index in [9.17, 15) is 0 Å². The molecule has 0 saturated heterocycles. The number of thioether (sulfide) groups is 1. The molecule has 1 unspecified atom stereocenters. The second-order valence-corrected chi connectivity index (χ2v) is 6.09. The SMILES string of the molecule is CCCNC(CCO)CSC1CCCCC1. The Hall–Kier alpha value is 0.270. The van der Waals surface area contributed by atoms with Crippen molar-refractivity contribution in [2.24, 2.45) is 0 Å². The van der Waals surface area contributed by atoms with Crippen LogP contribution in [0.15, 0.2) is 0 Å². The first kappa shape index (κ1) is 14.3. The molecule has 0 heterocycles. The fourth-order valence-corrected chi connectivity index (χ4v) is 3.69. The van der Waals surface area contributed by atoms with Gasteiger partial charge >= 0.3 is 0 Å². The molecule has 0 aromatic rings. The molecule has 1 aliphatic carbocycles. The van der Waals surface area contributed by atoms with Crippen molar-refractivity contribution in [2.75, 3.05) is 18.9 Å². The quantitative estimate of drug-likeness (QED) is 0.690. The predicted molar refractivity (Wildman–Crippen MR) is 73.1 cm³/mol. The molecule has 1 rings (SSSR count). The Balaban J connectivity index is 2.14. The van der Waals surface area contributed by atoms with Crippen LogP contribution in [0, 0.1) is 0 Å². The zero-order chi connectivity index (χ0) is 11.6. The lowest BCUT2D eigenvalue weighted by molar-refractivity contribution is 0.270. The van der Waals surface area contributed by atoms with Gasteiger partial charge in [-0.1, -0.05) is 26.2 Å². The molecule has 0 aliphatic heterocycles. The van der Waals surface area contributed by atoms with Gasteiger partial charge in [-0.3, -0.25) is 0 Å². The smallest absolute Gasteiger partial charge is 0.0446 e. The number of nitrogens with one attached hydrogen (secondary N) is 1. The topological polar surface area (TPSA) is 32.3 Å². The van der Waals surface area contributed by atoms with Crippen LogP contribution in [0.3, 0.4) is 0 Å². The first-order valence-corrected chi connectivity index (χ1v) is 7.87. The lowest BCUT2D eigenvalue weighted by Gasteiger charge is -2.24. The molecule has 1 atom stereocenters. The van der Waals surface area contributed by atoms with E-state index < -0.39 is 0 Å². The Bertz CT molecular complexity index is 160. The summed E-state index contributed by atoms with van der Waals surface area (Å²) < 4.78 is 0. The van der Waals surface area contributed by atoms with Gasteiger partial charge in [-0.2, -0.15) is 11.8 Å². The van der Waals surface area contributed by atoms with E-state index in [0.29, 0.717) is 12.6 Å². The second-order valence-electron chi connectivity index (χ2n) is 4.76. The minimum atomic E-state index is 0.312. The summed E-state index contributed by atoms with van der Waals surface area (Å²) in [6.45, 7) is 3.58. The lowest BCUT2D eigenvalue weighted by atomic mass is 10.0. The number of hydrogen-bond acceptors (Lipinski definition) is 3. The third-order valence-electron chi connectivity index (χ3n) is 3.25. The molecule has 0 aromatic heterocycles. The number of hydrogen-bond donors (Lipinski definition) is 2. The molecule has 0 aromatic carbocycles. The second kappa shape index (κ2) is 9.32. The zero-order valence-electron chi connectivity index (χ0n) is 10.6. The molecule has 3 heteroatoms. The molecular formula is C13H27NOS. The van der Waals surface area contributed by atoms with Gasteiger partial charge in [0.05, 0.1) is 0 Å². The predicted octanol–water partition coefficient (Wildman–Crippen LogP) is 2.80. The fourth-order valence-electron chi connectivity index (χ4n) is 2.23. The lowest BCUT2D eigenvalue weighted by Crippen LogP contribution is -2.33. The summed E-state index contributed by atoms with van der Waals surface area (Å²) >= 11 is 2.12. The van der Waals surface area contributed by atoms with E-state index in [1.54, 1.807) is 0 Å². The van der Waals surface area contributed by atoms with Crippen molar-refractivity contribution in [3.8, 4) is 0 Å². The highest BCUT2D eigenvalue weighted by Gasteiger charge is 2.16.